The highest BCUT2D eigenvalue weighted by atomic mass is 16.4. The molecule has 0 bridgehead atoms. The van der Waals surface area contributed by atoms with E-state index in [2.05, 4.69) is 47.1 Å². The first-order valence-electron chi connectivity index (χ1n) is 10.7. The summed E-state index contributed by atoms with van der Waals surface area (Å²) in [6.07, 6.45) is 1.61. The number of aliphatic hydroxyl groups is 1. The minimum absolute atomic E-state index is 0.316. The largest absolute Gasteiger partial charge is 0.481 e. The number of carbonyl (C=O) groups is 1. The van der Waals surface area contributed by atoms with Crippen LogP contribution in [0.1, 0.15) is 28.7 Å². The summed E-state index contributed by atoms with van der Waals surface area (Å²) in [5.74, 6) is -0.928. The number of hydrogen-bond donors (Lipinski definition) is 3. The normalized spacial score (nSPS) is 21.8. The number of aryl methyl sites for hydroxylation is 2. The Morgan fingerprint density at radius 3 is 2.71 bits per heavy atom. The summed E-state index contributed by atoms with van der Waals surface area (Å²) in [5, 5.41) is 28.4. The number of aliphatic carboxylic acids is 1. The topological polar surface area (TPSA) is 89.5 Å². The summed E-state index contributed by atoms with van der Waals surface area (Å²) < 4.78 is 0. The van der Waals surface area contributed by atoms with Gasteiger partial charge in [0, 0.05) is 24.2 Å². The van der Waals surface area contributed by atoms with Gasteiger partial charge in [-0.15, -0.1) is 0 Å². The molecule has 2 aromatic carbocycles. The zero-order valence-corrected chi connectivity index (χ0v) is 18.0. The van der Waals surface area contributed by atoms with Crippen molar-refractivity contribution in [2.45, 2.75) is 39.3 Å². The fraction of sp³-hybridized carbons (Fsp3) is 0.360. The van der Waals surface area contributed by atoms with Crippen LogP contribution in [0.2, 0.25) is 0 Å². The monoisotopic (exact) mass is 419 g/mol. The highest BCUT2D eigenvalue weighted by Crippen LogP contribution is 2.37. The van der Waals surface area contributed by atoms with Gasteiger partial charge in [0.2, 0.25) is 0 Å². The predicted molar refractivity (Wildman–Crippen MR) is 120 cm³/mol. The lowest BCUT2D eigenvalue weighted by Gasteiger charge is -2.43. The second kappa shape index (κ2) is 8.65. The number of piperidine rings is 1. The number of aliphatic hydroxyl groups excluding tert-OH is 1. The maximum absolute atomic E-state index is 12.2. The summed E-state index contributed by atoms with van der Waals surface area (Å²) in [6.45, 7) is 5.68. The van der Waals surface area contributed by atoms with Crippen molar-refractivity contribution in [2.75, 3.05) is 13.1 Å². The molecule has 2 heterocycles. The zero-order valence-electron chi connectivity index (χ0n) is 18.0. The molecule has 31 heavy (non-hydrogen) atoms. The first-order valence-corrected chi connectivity index (χ1v) is 10.7. The van der Waals surface area contributed by atoms with Crippen LogP contribution in [0, 0.1) is 19.3 Å². The number of carboxylic acid groups (broad SMARTS) is 1. The van der Waals surface area contributed by atoms with Gasteiger partial charge in [0.15, 0.2) is 0 Å². The van der Waals surface area contributed by atoms with Gasteiger partial charge in [-0.1, -0.05) is 48.0 Å². The number of nitrogens with one attached hydrogen (secondary N) is 1. The third-order valence-corrected chi connectivity index (χ3v) is 6.51. The van der Waals surface area contributed by atoms with Gasteiger partial charge in [-0.2, -0.15) is 5.10 Å². The number of aromatic amines is 1. The van der Waals surface area contributed by atoms with E-state index in [1.165, 1.54) is 11.1 Å². The van der Waals surface area contributed by atoms with Crippen molar-refractivity contribution < 1.29 is 15.0 Å². The molecule has 6 nitrogen and oxygen atoms in total. The molecule has 0 spiro atoms. The number of likely N-dealkylation sites (tertiary alicyclic amines) is 1. The highest BCUT2D eigenvalue weighted by Gasteiger charge is 2.48. The van der Waals surface area contributed by atoms with Crippen molar-refractivity contribution in [3.63, 3.8) is 0 Å². The number of β-amino-alcohol motifs (C(OH)–C–C–N with tert-alkyl or cyclic N) is 1. The van der Waals surface area contributed by atoms with E-state index in [1.807, 2.05) is 36.5 Å². The summed E-state index contributed by atoms with van der Waals surface area (Å²) in [7, 11) is 0. The minimum Gasteiger partial charge on any atom is -0.481 e. The Kier molecular flexibility index (Phi) is 5.94. The van der Waals surface area contributed by atoms with Crippen LogP contribution in [-0.4, -0.2) is 50.5 Å². The third kappa shape index (κ3) is 4.27. The van der Waals surface area contributed by atoms with Crippen LogP contribution < -0.4 is 0 Å². The molecule has 0 saturated carbocycles. The molecule has 0 aliphatic carbocycles. The second-order valence-corrected chi connectivity index (χ2v) is 8.71. The maximum Gasteiger partial charge on any atom is 0.312 e. The molecule has 0 radical (unpaired) electrons. The summed E-state index contributed by atoms with van der Waals surface area (Å²) in [6, 6.07) is 15.9. The molecular formula is C25H29N3O3. The number of benzene rings is 2. The van der Waals surface area contributed by atoms with E-state index in [0.717, 1.165) is 22.4 Å². The van der Waals surface area contributed by atoms with E-state index >= 15 is 0 Å². The Labute approximate surface area is 182 Å². The van der Waals surface area contributed by atoms with Crippen molar-refractivity contribution in [1.29, 1.82) is 0 Å². The van der Waals surface area contributed by atoms with Crippen molar-refractivity contribution in [2.24, 2.45) is 5.41 Å². The molecule has 1 aliphatic heterocycles. The van der Waals surface area contributed by atoms with Gasteiger partial charge in [0.1, 0.15) is 5.41 Å². The fourth-order valence-electron chi connectivity index (χ4n) is 4.58. The number of carboxylic acids is 1. The highest BCUT2D eigenvalue weighted by molar-refractivity contribution is 5.76. The van der Waals surface area contributed by atoms with Crippen LogP contribution in [0.15, 0.2) is 54.7 Å². The van der Waals surface area contributed by atoms with Crippen LogP contribution in [0.4, 0.5) is 0 Å². The Morgan fingerprint density at radius 2 is 2.00 bits per heavy atom. The van der Waals surface area contributed by atoms with Gasteiger partial charge in [0.25, 0.3) is 0 Å². The molecule has 1 aliphatic rings. The fourth-order valence-corrected chi connectivity index (χ4v) is 4.58. The first-order chi connectivity index (χ1) is 14.9. The van der Waals surface area contributed by atoms with Crippen molar-refractivity contribution in [3.8, 4) is 11.3 Å². The van der Waals surface area contributed by atoms with Gasteiger partial charge >= 0.3 is 5.97 Å². The Bertz CT molecular complexity index is 1060. The van der Waals surface area contributed by atoms with Crippen molar-refractivity contribution in [3.05, 3.63) is 77.0 Å². The van der Waals surface area contributed by atoms with E-state index < -0.39 is 17.5 Å². The van der Waals surface area contributed by atoms with E-state index in [1.54, 1.807) is 0 Å². The molecule has 0 unspecified atom stereocenters. The van der Waals surface area contributed by atoms with Crippen molar-refractivity contribution in [1.82, 2.24) is 15.1 Å². The van der Waals surface area contributed by atoms with Gasteiger partial charge in [-0.05, 0) is 50.4 Å². The van der Waals surface area contributed by atoms with Gasteiger partial charge in [-0.3, -0.25) is 14.8 Å². The van der Waals surface area contributed by atoms with E-state index in [-0.39, 0.29) is 0 Å². The lowest BCUT2D eigenvalue weighted by atomic mass is 9.71. The lowest BCUT2D eigenvalue weighted by molar-refractivity contribution is -0.163. The van der Waals surface area contributed by atoms with Crippen LogP contribution in [-0.2, 0) is 17.8 Å². The molecule has 4 rings (SSSR count). The molecule has 0 amide bonds. The maximum atomic E-state index is 12.2. The molecule has 6 heteroatoms. The average Bonchev–Trinajstić information content (AvgIpc) is 3.20. The quantitative estimate of drug-likeness (QED) is 0.568. The Hall–Kier alpha value is -2.96. The second-order valence-electron chi connectivity index (χ2n) is 8.71. The van der Waals surface area contributed by atoms with E-state index in [4.69, 9.17) is 0 Å². The molecular weight excluding hydrogens is 390 g/mol. The third-order valence-electron chi connectivity index (χ3n) is 6.51. The molecule has 2 atom stereocenters. The van der Waals surface area contributed by atoms with Crippen LogP contribution in [0.5, 0.6) is 0 Å². The standard InChI is InChI=1S/C25H29N3O3/c1-17-8-9-18(2)21(12-17)23-20(14-26-27-23)15-28-11-10-25(24(30)31,22(29)16-28)13-19-6-4-3-5-7-19/h3-9,12,14,22,29H,10-11,13,15-16H2,1-2H3,(H,26,27)(H,30,31)/t22-,25+/m0/s1. The SMILES string of the molecule is Cc1ccc(C)c(-c2[nH]ncc2CN2CC[C@](Cc3ccccc3)(C(=O)O)[C@@H](O)C2)c1. The first kappa shape index (κ1) is 21.3. The average molecular weight is 420 g/mol. The molecule has 1 aromatic heterocycles. The van der Waals surface area contributed by atoms with E-state index in [9.17, 15) is 15.0 Å². The molecule has 3 aromatic rings. The lowest BCUT2D eigenvalue weighted by Crippen LogP contribution is -2.55. The smallest absolute Gasteiger partial charge is 0.312 e. The predicted octanol–water partition coefficient (Wildman–Crippen LogP) is 3.57. The van der Waals surface area contributed by atoms with Gasteiger partial charge < -0.3 is 10.2 Å². The number of aromatic nitrogens is 2. The number of H-pyrrole nitrogens is 1. The van der Waals surface area contributed by atoms with Crippen LogP contribution in [0.3, 0.4) is 0 Å². The molecule has 162 valence electrons. The van der Waals surface area contributed by atoms with Gasteiger partial charge in [0.05, 0.1) is 18.0 Å². The Balaban J connectivity index is 1.52. The number of rotatable bonds is 6. The Morgan fingerprint density at radius 1 is 1.23 bits per heavy atom. The molecule has 3 N–H and O–H groups in total. The van der Waals surface area contributed by atoms with Crippen LogP contribution in [0.25, 0.3) is 11.3 Å². The zero-order chi connectivity index (χ0) is 22.0. The summed E-state index contributed by atoms with van der Waals surface area (Å²) in [5.41, 5.74) is 5.27. The van der Waals surface area contributed by atoms with Gasteiger partial charge in [-0.25, -0.2) is 0 Å². The van der Waals surface area contributed by atoms with Crippen LogP contribution >= 0.6 is 0 Å². The molecule has 1 saturated heterocycles. The summed E-state index contributed by atoms with van der Waals surface area (Å²) in [4.78, 5) is 14.4. The summed E-state index contributed by atoms with van der Waals surface area (Å²) >= 11 is 0. The molecule has 1 fully saturated rings. The van der Waals surface area contributed by atoms with Crippen molar-refractivity contribution >= 4 is 5.97 Å². The number of nitrogens with zero attached hydrogens (tertiary/aromatic N) is 2. The van der Waals surface area contributed by atoms with E-state index in [0.29, 0.717) is 32.5 Å². The number of hydrogen-bond acceptors (Lipinski definition) is 4. The minimum atomic E-state index is -1.16.